The van der Waals surface area contributed by atoms with Gasteiger partial charge in [-0.15, -0.1) is 0 Å². The van der Waals surface area contributed by atoms with Crippen LogP contribution < -0.4 is 15.4 Å². The molecule has 5 rings (SSSR count). The van der Waals surface area contributed by atoms with E-state index in [0.717, 1.165) is 11.6 Å². The fourth-order valence-electron chi connectivity index (χ4n) is 4.30. The van der Waals surface area contributed by atoms with Crippen LogP contribution in [-0.4, -0.2) is 53.9 Å². The van der Waals surface area contributed by atoms with Crippen molar-refractivity contribution < 1.29 is 31.1 Å². The van der Waals surface area contributed by atoms with Gasteiger partial charge in [0.05, 0.1) is 23.3 Å². The van der Waals surface area contributed by atoms with E-state index >= 15 is 0 Å². The third-order valence-corrected chi connectivity index (χ3v) is 8.31. The monoisotopic (exact) mass is 586 g/mol. The number of nitrogens with one attached hydrogen (secondary N) is 2. The van der Waals surface area contributed by atoms with Gasteiger partial charge in [-0.3, -0.25) is 4.79 Å². The van der Waals surface area contributed by atoms with Crippen molar-refractivity contribution in [2.75, 3.05) is 26.0 Å². The van der Waals surface area contributed by atoms with Crippen LogP contribution in [0.25, 0.3) is 11.3 Å². The lowest BCUT2D eigenvalue weighted by atomic mass is 10.1. The van der Waals surface area contributed by atoms with E-state index in [1.165, 1.54) is 42.7 Å². The van der Waals surface area contributed by atoms with Gasteiger partial charge in [0, 0.05) is 50.3 Å². The van der Waals surface area contributed by atoms with Crippen LogP contribution in [0.5, 0.6) is 5.75 Å². The van der Waals surface area contributed by atoms with E-state index in [0.29, 0.717) is 42.0 Å². The van der Waals surface area contributed by atoms with Gasteiger partial charge in [-0.05, 0) is 48.0 Å². The van der Waals surface area contributed by atoms with Gasteiger partial charge in [0.1, 0.15) is 11.6 Å². The van der Waals surface area contributed by atoms with Crippen LogP contribution in [0.15, 0.2) is 71.9 Å². The lowest BCUT2D eigenvalue weighted by Crippen LogP contribution is -2.35. The van der Waals surface area contributed by atoms with E-state index in [-0.39, 0.29) is 29.0 Å². The lowest BCUT2D eigenvalue weighted by Gasteiger charge is -2.19. The number of carbonyl (C=O) groups excluding carboxylic acids is 1. The van der Waals surface area contributed by atoms with Crippen LogP contribution in [0.2, 0.25) is 0 Å². The summed E-state index contributed by atoms with van der Waals surface area (Å²) in [6.07, 6.45) is -2.21. The smallest absolute Gasteiger partial charge is 0.417 e. The van der Waals surface area contributed by atoms with E-state index < -0.39 is 21.8 Å². The molecule has 14 heteroatoms. The van der Waals surface area contributed by atoms with Crippen molar-refractivity contribution >= 4 is 27.4 Å². The summed E-state index contributed by atoms with van der Waals surface area (Å²) in [5.41, 5.74) is 0.806. The Labute approximate surface area is 233 Å². The van der Waals surface area contributed by atoms with E-state index in [1.54, 1.807) is 35.0 Å². The Morgan fingerprint density at radius 2 is 1.88 bits per heavy atom. The summed E-state index contributed by atoms with van der Waals surface area (Å²) in [4.78, 5) is 20.6. The molecule has 10 nitrogen and oxygen atoms in total. The van der Waals surface area contributed by atoms with Gasteiger partial charge in [-0.2, -0.15) is 17.5 Å². The fraction of sp³-hybridized carbons (Fsp3) is 0.222. The number of amides is 1. The fourth-order valence-corrected chi connectivity index (χ4v) is 5.48. The molecule has 1 aliphatic heterocycles. The first-order chi connectivity index (χ1) is 19.5. The first-order valence-electron chi connectivity index (χ1n) is 12.3. The van der Waals surface area contributed by atoms with Crippen molar-refractivity contribution in [3.63, 3.8) is 0 Å². The number of benzene rings is 2. The lowest BCUT2D eigenvalue weighted by molar-refractivity contribution is -0.137. The Morgan fingerprint density at radius 3 is 2.51 bits per heavy atom. The number of pyridine rings is 1. The highest BCUT2D eigenvalue weighted by Gasteiger charge is 2.31. The van der Waals surface area contributed by atoms with E-state index in [9.17, 15) is 26.4 Å². The number of hydrogen-bond acceptors (Lipinski definition) is 7. The minimum absolute atomic E-state index is 0.0372. The van der Waals surface area contributed by atoms with E-state index in [1.807, 2.05) is 0 Å². The molecule has 0 bridgehead atoms. The summed E-state index contributed by atoms with van der Waals surface area (Å²) < 4.78 is 74.1. The number of alkyl halides is 3. The van der Waals surface area contributed by atoms with Crippen LogP contribution in [0.3, 0.4) is 0 Å². The first-order valence-corrected chi connectivity index (χ1v) is 13.8. The topological polar surface area (TPSA) is 118 Å². The quantitative estimate of drug-likeness (QED) is 0.317. The summed E-state index contributed by atoms with van der Waals surface area (Å²) in [5.74, 6) is 0.540. The van der Waals surface area contributed by atoms with Crippen LogP contribution in [0, 0.1) is 0 Å². The van der Waals surface area contributed by atoms with Crippen molar-refractivity contribution in [1.29, 1.82) is 0 Å². The van der Waals surface area contributed by atoms with Crippen LogP contribution in [0.4, 0.5) is 24.7 Å². The molecule has 0 spiro atoms. The van der Waals surface area contributed by atoms with Crippen LogP contribution in [0.1, 0.15) is 21.7 Å². The molecule has 2 N–H and O–H groups in total. The van der Waals surface area contributed by atoms with Crippen LogP contribution in [-0.2, 0) is 29.3 Å². The molecule has 2 aromatic carbocycles. The highest BCUT2D eigenvalue weighted by Crippen LogP contribution is 2.34. The summed E-state index contributed by atoms with van der Waals surface area (Å²) in [6.45, 7) is 0.975. The highest BCUT2D eigenvalue weighted by molar-refractivity contribution is 7.89. The molecule has 0 unspecified atom stereocenters. The zero-order valence-corrected chi connectivity index (χ0v) is 22.8. The molecule has 41 heavy (non-hydrogen) atoms. The predicted octanol–water partition coefficient (Wildman–Crippen LogP) is 4.28. The molecule has 0 aliphatic carbocycles. The van der Waals surface area contributed by atoms with Crippen molar-refractivity contribution in [1.82, 2.24) is 24.2 Å². The Kier molecular flexibility index (Phi) is 7.44. The average Bonchev–Trinajstić information content (AvgIpc) is 3.39. The maximum Gasteiger partial charge on any atom is 0.417 e. The SMILES string of the molecule is COc1ccc(CN(C)S(=O)(=O)c2ccc(Nc3ccc(C(F)(F)F)cn3)c(-c3cn4c(n3)C(=O)NCC4)c2)cc1. The first kappa shape index (κ1) is 28.1. The summed E-state index contributed by atoms with van der Waals surface area (Å²) in [5, 5.41) is 5.66. The van der Waals surface area contributed by atoms with Gasteiger partial charge in [0.2, 0.25) is 10.0 Å². The second-order valence-electron chi connectivity index (χ2n) is 9.27. The number of nitrogens with zero attached hydrogens (tertiary/aromatic N) is 4. The van der Waals surface area contributed by atoms with Gasteiger partial charge in [-0.25, -0.2) is 18.4 Å². The number of rotatable bonds is 8. The Morgan fingerprint density at radius 1 is 1.12 bits per heavy atom. The Hall–Kier alpha value is -4.43. The third-order valence-electron chi connectivity index (χ3n) is 6.51. The predicted molar refractivity (Wildman–Crippen MR) is 144 cm³/mol. The normalized spacial score (nSPS) is 13.6. The molecule has 1 aliphatic rings. The van der Waals surface area contributed by atoms with Crippen LogP contribution >= 0.6 is 0 Å². The molecule has 214 valence electrons. The van der Waals surface area contributed by atoms with Gasteiger partial charge in [0.15, 0.2) is 5.82 Å². The molecule has 0 saturated heterocycles. The van der Waals surface area contributed by atoms with Gasteiger partial charge >= 0.3 is 6.18 Å². The molecule has 4 aromatic rings. The second kappa shape index (κ2) is 10.9. The number of ether oxygens (including phenoxy) is 1. The zero-order valence-electron chi connectivity index (χ0n) is 21.9. The number of fused-ring (bicyclic) bond motifs is 1. The number of hydrogen-bond donors (Lipinski definition) is 2. The van der Waals surface area contributed by atoms with Gasteiger partial charge in [0.25, 0.3) is 5.91 Å². The van der Waals surface area contributed by atoms with Crippen molar-refractivity contribution in [2.24, 2.45) is 0 Å². The summed E-state index contributed by atoms with van der Waals surface area (Å²) in [6, 6.07) is 13.4. The number of carbonyl (C=O) groups is 1. The van der Waals surface area contributed by atoms with E-state index in [4.69, 9.17) is 4.74 Å². The van der Waals surface area contributed by atoms with Crippen molar-refractivity contribution in [3.05, 3.63) is 83.9 Å². The molecular weight excluding hydrogens is 561 g/mol. The minimum Gasteiger partial charge on any atom is -0.497 e. The van der Waals surface area contributed by atoms with Gasteiger partial charge < -0.3 is 19.9 Å². The largest absolute Gasteiger partial charge is 0.497 e. The second-order valence-corrected chi connectivity index (χ2v) is 11.3. The molecule has 0 radical (unpaired) electrons. The highest BCUT2D eigenvalue weighted by atomic mass is 32.2. The van der Waals surface area contributed by atoms with Crippen molar-refractivity contribution in [2.45, 2.75) is 24.2 Å². The molecule has 3 heterocycles. The summed E-state index contributed by atoms with van der Waals surface area (Å²) in [7, 11) is -0.993. The molecular formula is C27H25F3N6O4S. The number of anilines is 2. The van der Waals surface area contributed by atoms with Crippen molar-refractivity contribution in [3.8, 4) is 17.0 Å². The maximum atomic E-state index is 13.6. The minimum atomic E-state index is -4.54. The number of sulfonamides is 1. The molecule has 1 amide bonds. The number of halogens is 3. The number of methoxy groups -OCH3 is 1. The molecule has 2 aromatic heterocycles. The third kappa shape index (κ3) is 5.88. The molecule has 0 saturated carbocycles. The summed E-state index contributed by atoms with van der Waals surface area (Å²) >= 11 is 0. The Balaban J connectivity index is 1.51. The number of aromatic nitrogens is 3. The maximum absolute atomic E-state index is 13.6. The standard InChI is InChI=1S/C27H25F3N6O4S/c1-35(15-17-3-6-19(40-2)7-4-17)41(38,39)20-8-9-22(33-24-10-5-18(14-32-24)27(28,29)30)21(13-20)23-16-36-12-11-31-26(37)25(36)34-23/h3-10,13-14,16H,11-12,15H2,1-2H3,(H,31,37)(H,32,33). The number of imidazole rings is 1. The zero-order chi connectivity index (χ0) is 29.4. The van der Waals surface area contributed by atoms with E-state index in [2.05, 4.69) is 20.6 Å². The Bertz CT molecular complexity index is 1690. The molecule has 0 atom stereocenters. The molecule has 0 fully saturated rings. The van der Waals surface area contributed by atoms with Gasteiger partial charge in [-0.1, -0.05) is 12.1 Å². The average molecular weight is 587 g/mol.